The number of fused-ring (bicyclic) bond motifs is 1. The maximum absolute atomic E-state index is 12.1. The molecule has 3 heterocycles. The molecule has 1 amide bonds. The van der Waals surface area contributed by atoms with Gasteiger partial charge in [0.1, 0.15) is 5.65 Å². The van der Waals surface area contributed by atoms with E-state index in [1.54, 1.807) is 13.1 Å². The Labute approximate surface area is 127 Å². The Hall–Kier alpha value is -1.82. The minimum absolute atomic E-state index is 0.115. The number of amides is 1. The molecule has 1 unspecified atom stereocenters. The molecule has 1 atom stereocenters. The second-order valence-corrected chi connectivity index (χ2v) is 6.55. The van der Waals surface area contributed by atoms with Crippen molar-refractivity contribution in [3.63, 3.8) is 0 Å². The first kappa shape index (κ1) is 14.1. The second kappa shape index (κ2) is 5.89. The number of thioether (sulfide) groups is 1. The second-order valence-electron chi connectivity index (χ2n) is 5.36. The zero-order valence-corrected chi connectivity index (χ0v) is 12.7. The Kier molecular flexibility index (Phi) is 3.96. The van der Waals surface area contributed by atoms with Crippen molar-refractivity contribution in [3.8, 4) is 0 Å². The van der Waals surface area contributed by atoms with Crippen molar-refractivity contribution in [2.45, 2.75) is 19.9 Å². The van der Waals surface area contributed by atoms with Crippen molar-refractivity contribution < 1.29 is 9.59 Å². The van der Waals surface area contributed by atoms with E-state index < -0.39 is 0 Å². The van der Waals surface area contributed by atoms with Crippen LogP contribution in [0.5, 0.6) is 0 Å². The lowest BCUT2D eigenvalue weighted by atomic mass is 10.1. The largest absolute Gasteiger partial charge is 0.346 e. The normalized spacial score (nSPS) is 18.6. The highest BCUT2D eigenvalue weighted by Gasteiger charge is 2.30. The van der Waals surface area contributed by atoms with Crippen LogP contribution in [0.4, 0.5) is 0 Å². The molecule has 6 heteroatoms. The molecule has 1 saturated heterocycles. The lowest BCUT2D eigenvalue weighted by molar-refractivity contribution is -0.128. The molecule has 2 aromatic heterocycles. The average molecular weight is 303 g/mol. The number of aromatic amines is 1. The third-order valence-electron chi connectivity index (χ3n) is 3.73. The summed E-state index contributed by atoms with van der Waals surface area (Å²) in [5.74, 6) is 1.17. The Morgan fingerprint density at radius 3 is 3.19 bits per heavy atom. The predicted molar refractivity (Wildman–Crippen MR) is 82.8 cm³/mol. The minimum Gasteiger partial charge on any atom is -0.346 e. The van der Waals surface area contributed by atoms with E-state index >= 15 is 0 Å². The van der Waals surface area contributed by atoms with Crippen molar-refractivity contribution in [2.24, 2.45) is 5.92 Å². The fraction of sp³-hybridized carbons (Fsp3) is 0.400. The number of hydrogen-bond acceptors (Lipinski definition) is 4. The number of H-pyrrole nitrogens is 1. The van der Waals surface area contributed by atoms with Gasteiger partial charge in [-0.1, -0.05) is 11.8 Å². The van der Waals surface area contributed by atoms with Crippen LogP contribution in [0, 0.1) is 5.92 Å². The Morgan fingerprint density at radius 2 is 2.38 bits per heavy atom. The first-order chi connectivity index (χ1) is 10.1. The predicted octanol–water partition coefficient (Wildman–Crippen LogP) is 2.19. The maximum Gasteiger partial charge on any atom is 0.223 e. The zero-order chi connectivity index (χ0) is 14.8. The SMILES string of the molecule is CC(=O)SCC1CC(=O)N(Cc2ccnc3[nH]ccc23)C1. The lowest BCUT2D eigenvalue weighted by Crippen LogP contribution is -2.25. The molecule has 0 radical (unpaired) electrons. The molecule has 1 aliphatic rings. The molecular formula is C15H17N3O2S. The van der Waals surface area contributed by atoms with Crippen LogP contribution in [0.2, 0.25) is 0 Å². The van der Waals surface area contributed by atoms with Gasteiger partial charge < -0.3 is 9.88 Å². The summed E-state index contributed by atoms with van der Waals surface area (Å²) < 4.78 is 0. The van der Waals surface area contributed by atoms with Crippen LogP contribution in [-0.4, -0.2) is 38.2 Å². The first-order valence-corrected chi connectivity index (χ1v) is 7.94. The molecule has 3 rings (SSSR count). The van der Waals surface area contributed by atoms with Crippen LogP contribution in [0.25, 0.3) is 11.0 Å². The van der Waals surface area contributed by atoms with Crippen LogP contribution in [0.1, 0.15) is 18.9 Å². The van der Waals surface area contributed by atoms with Crippen LogP contribution in [-0.2, 0) is 16.1 Å². The summed E-state index contributed by atoms with van der Waals surface area (Å²) in [6.07, 6.45) is 4.17. The number of nitrogens with one attached hydrogen (secondary N) is 1. The molecule has 1 N–H and O–H groups in total. The summed E-state index contributed by atoms with van der Waals surface area (Å²) in [7, 11) is 0. The molecule has 110 valence electrons. The Morgan fingerprint density at radius 1 is 1.52 bits per heavy atom. The molecule has 0 aromatic carbocycles. The number of carbonyl (C=O) groups excluding carboxylic acids is 2. The fourth-order valence-electron chi connectivity index (χ4n) is 2.72. The van der Waals surface area contributed by atoms with Crippen molar-refractivity contribution in [3.05, 3.63) is 30.1 Å². The third-order valence-corrected chi connectivity index (χ3v) is 4.77. The number of pyridine rings is 1. The molecular weight excluding hydrogens is 286 g/mol. The van der Waals surface area contributed by atoms with Gasteiger partial charge in [0.25, 0.3) is 0 Å². The smallest absolute Gasteiger partial charge is 0.223 e. The Bertz CT molecular complexity index is 682. The summed E-state index contributed by atoms with van der Waals surface area (Å²) >= 11 is 1.31. The van der Waals surface area contributed by atoms with E-state index in [1.807, 2.05) is 23.2 Å². The first-order valence-electron chi connectivity index (χ1n) is 6.95. The molecule has 0 bridgehead atoms. The number of carbonyl (C=O) groups is 2. The van der Waals surface area contributed by atoms with Crippen LogP contribution in [0.3, 0.4) is 0 Å². The van der Waals surface area contributed by atoms with Gasteiger partial charge >= 0.3 is 0 Å². The number of rotatable bonds is 4. The van der Waals surface area contributed by atoms with Gasteiger partial charge in [0, 0.05) is 50.0 Å². The maximum atomic E-state index is 12.1. The van der Waals surface area contributed by atoms with Gasteiger partial charge in [0.2, 0.25) is 5.91 Å². The molecule has 0 spiro atoms. The van der Waals surface area contributed by atoms with Crippen molar-refractivity contribution >= 4 is 33.8 Å². The van der Waals surface area contributed by atoms with Crippen LogP contribution < -0.4 is 0 Å². The summed E-state index contributed by atoms with van der Waals surface area (Å²) in [6, 6.07) is 3.95. The molecule has 21 heavy (non-hydrogen) atoms. The molecule has 1 fully saturated rings. The molecule has 0 aliphatic carbocycles. The van der Waals surface area contributed by atoms with Crippen molar-refractivity contribution in [1.29, 1.82) is 0 Å². The van der Waals surface area contributed by atoms with Gasteiger partial charge in [-0.25, -0.2) is 4.98 Å². The van der Waals surface area contributed by atoms with E-state index in [4.69, 9.17) is 0 Å². The van der Waals surface area contributed by atoms with Gasteiger partial charge in [0.05, 0.1) is 0 Å². The lowest BCUT2D eigenvalue weighted by Gasteiger charge is -2.17. The summed E-state index contributed by atoms with van der Waals surface area (Å²) in [5, 5.41) is 1.18. The number of likely N-dealkylation sites (tertiary alicyclic amines) is 1. The molecule has 1 aliphatic heterocycles. The average Bonchev–Trinajstić information content (AvgIpc) is 3.04. The highest BCUT2D eigenvalue weighted by Crippen LogP contribution is 2.25. The van der Waals surface area contributed by atoms with Gasteiger partial charge in [-0.05, 0) is 23.6 Å². The van der Waals surface area contributed by atoms with E-state index in [0.29, 0.717) is 13.0 Å². The molecule has 5 nitrogen and oxygen atoms in total. The van der Waals surface area contributed by atoms with Gasteiger partial charge in [-0.15, -0.1) is 0 Å². The van der Waals surface area contributed by atoms with E-state index in [1.165, 1.54) is 11.8 Å². The molecule has 2 aromatic rings. The fourth-order valence-corrected chi connectivity index (χ4v) is 3.41. The number of aromatic nitrogens is 2. The van der Waals surface area contributed by atoms with E-state index in [9.17, 15) is 9.59 Å². The monoisotopic (exact) mass is 303 g/mol. The molecule has 0 saturated carbocycles. The summed E-state index contributed by atoms with van der Waals surface area (Å²) in [4.78, 5) is 32.4. The quantitative estimate of drug-likeness (QED) is 0.940. The standard InChI is InChI=1S/C15H17N3O2S/c1-10(19)21-9-11-6-14(20)18(7-11)8-12-2-4-16-15-13(12)3-5-17-15/h2-5,11H,6-9H2,1H3,(H,16,17). The number of hydrogen-bond donors (Lipinski definition) is 1. The van der Waals surface area contributed by atoms with Crippen LogP contribution >= 0.6 is 11.8 Å². The van der Waals surface area contributed by atoms with Crippen LogP contribution in [0.15, 0.2) is 24.5 Å². The summed E-state index contributed by atoms with van der Waals surface area (Å²) in [6.45, 7) is 2.91. The summed E-state index contributed by atoms with van der Waals surface area (Å²) in [5.41, 5.74) is 1.96. The van der Waals surface area contributed by atoms with Crippen molar-refractivity contribution in [2.75, 3.05) is 12.3 Å². The Balaban J connectivity index is 1.69. The number of nitrogens with zero attached hydrogens (tertiary/aromatic N) is 2. The van der Waals surface area contributed by atoms with E-state index in [-0.39, 0.29) is 16.9 Å². The topological polar surface area (TPSA) is 66.1 Å². The van der Waals surface area contributed by atoms with Gasteiger partial charge in [-0.3, -0.25) is 9.59 Å². The van der Waals surface area contributed by atoms with E-state index in [0.717, 1.165) is 28.9 Å². The third kappa shape index (κ3) is 3.10. The zero-order valence-electron chi connectivity index (χ0n) is 11.8. The highest BCUT2D eigenvalue weighted by molar-refractivity contribution is 8.13. The minimum atomic E-state index is 0.115. The van der Waals surface area contributed by atoms with Gasteiger partial charge in [-0.2, -0.15) is 0 Å². The van der Waals surface area contributed by atoms with E-state index in [2.05, 4.69) is 9.97 Å². The van der Waals surface area contributed by atoms with Gasteiger partial charge in [0.15, 0.2) is 5.12 Å². The highest BCUT2D eigenvalue weighted by atomic mass is 32.2. The van der Waals surface area contributed by atoms with Crippen molar-refractivity contribution in [1.82, 2.24) is 14.9 Å².